The number of hydrogen-bond donors (Lipinski definition) is 0. The molecule has 2 heterocycles. The zero-order valence-corrected chi connectivity index (χ0v) is 26.7. The zero-order chi connectivity index (χ0) is 33.8. The average Bonchev–Trinajstić information content (AvgIpc) is 3.69. The summed E-state index contributed by atoms with van der Waals surface area (Å²) in [7, 11) is 0. The van der Waals surface area contributed by atoms with Crippen LogP contribution >= 0.6 is 0 Å². The summed E-state index contributed by atoms with van der Waals surface area (Å²) in [4.78, 5) is 0. The van der Waals surface area contributed by atoms with Gasteiger partial charge < -0.3 is 9.13 Å². The number of nitriles is 3. The zero-order valence-electron chi connectivity index (χ0n) is 26.7. The van der Waals surface area contributed by atoms with E-state index in [0.717, 1.165) is 66.3 Å². The highest BCUT2D eigenvalue weighted by Crippen LogP contribution is 2.40. The van der Waals surface area contributed by atoms with Gasteiger partial charge in [-0.15, -0.1) is 0 Å². The number of para-hydroxylation sites is 2. The van der Waals surface area contributed by atoms with Crippen molar-refractivity contribution in [3.05, 3.63) is 168 Å². The molecule has 0 aliphatic rings. The largest absolute Gasteiger partial charge is 0.309 e. The molecule has 0 saturated carbocycles. The van der Waals surface area contributed by atoms with Gasteiger partial charge in [-0.1, -0.05) is 72.8 Å². The summed E-state index contributed by atoms with van der Waals surface area (Å²) >= 11 is 0. The van der Waals surface area contributed by atoms with Gasteiger partial charge in [-0.05, 0) is 95.6 Å². The van der Waals surface area contributed by atoms with E-state index in [2.05, 4.69) is 124 Å². The van der Waals surface area contributed by atoms with Crippen LogP contribution < -0.4 is 0 Å². The number of aromatic nitrogens is 2. The number of nitrogens with zero attached hydrogens (tertiary/aromatic N) is 5. The summed E-state index contributed by atoms with van der Waals surface area (Å²) < 4.78 is 4.59. The Labute approximate surface area is 287 Å². The molecule has 0 unspecified atom stereocenters. The van der Waals surface area contributed by atoms with Crippen molar-refractivity contribution in [1.29, 1.82) is 15.8 Å². The summed E-state index contributed by atoms with van der Waals surface area (Å²) in [6.07, 6.45) is 0. The molecule has 0 saturated heterocycles. The van der Waals surface area contributed by atoms with Crippen molar-refractivity contribution in [1.82, 2.24) is 9.13 Å². The highest BCUT2D eigenvalue weighted by Gasteiger charge is 2.19. The molecule has 0 aliphatic heterocycles. The third-order valence-electron chi connectivity index (χ3n) is 9.65. The molecular formula is C45H25N5. The molecular weight excluding hydrogens is 611 g/mol. The van der Waals surface area contributed by atoms with Crippen molar-refractivity contribution < 1.29 is 0 Å². The Hall–Kier alpha value is -7.39. The van der Waals surface area contributed by atoms with Gasteiger partial charge in [0.25, 0.3) is 0 Å². The lowest BCUT2D eigenvalue weighted by Gasteiger charge is -2.11. The summed E-state index contributed by atoms with van der Waals surface area (Å²) in [5.41, 5.74) is 11.1. The second-order valence-electron chi connectivity index (χ2n) is 12.3. The SMILES string of the molecule is N#Cc1ccccc1-c1ccc2c(c1)c1cc(-c3c(C#N)cccc3C#N)ccc1n2-c1ccc2c(c1)c1ccccc1n2-c1ccccc1. The summed E-state index contributed by atoms with van der Waals surface area (Å²) in [5, 5.41) is 34.2. The van der Waals surface area contributed by atoms with E-state index in [9.17, 15) is 15.8 Å². The third-order valence-corrected chi connectivity index (χ3v) is 9.65. The normalized spacial score (nSPS) is 11.1. The highest BCUT2D eigenvalue weighted by atomic mass is 15.0. The van der Waals surface area contributed by atoms with Crippen LogP contribution in [0.1, 0.15) is 16.7 Å². The Morgan fingerprint density at radius 1 is 0.360 bits per heavy atom. The minimum atomic E-state index is 0.455. The van der Waals surface area contributed by atoms with Crippen LogP contribution in [0.4, 0.5) is 0 Å². The highest BCUT2D eigenvalue weighted by molar-refractivity contribution is 6.13. The van der Waals surface area contributed by atoms with Crippen LogP contribution in [0.15, 0.2) is 152 Å². The molecule has 0 aliphatic carbocycles. The monoisotopic (exact) mass is 635 g/mol. The minimum Gasteiger partial charge on any atom is -0.309 e. The van der Waals surface area contributed by atoms with Crippen LogP contribution in [0.3, 0.4) is 0 Å². The quantitative estimate of drug-likeness (QED) is 0.193. The first-order valence-electron chi connectivity index (χ1n) is 16.3. The van der Waals surface area contributed by atoms with Crippen molar-refractivity contribution in [2.75, 3.05) is 0 Å². The van der Waals surface area contributed by atoms with Crippen LogP contribution in [0.5, 0.6) is 0 Å². The van der Waals surface area contributed by atoms with Gasteiger partial charge >= 0.3 is 0 Å². The maximum Gasteiger partial charge on any atom is 0.0998 e. The predicted octanol–water partition coefficient (Wildman–Crippen LogP) is 10.8. The summed E-state index contributed by atoms with van der Waals surface area (Å²) in [6, 6.07) is 57.9. The summed E-state index contributed by atoms with van der Waals surface area (Å²) in [5.74, 6) is 0. The van der Waals surface area contributed by atoms with E-state index < -0.39 is 0 Å². The number of benzene rings is 7. The molecule has 0 radical (unpaired) electrons. The fraction of sp³-hybridized carbons (Fsp3) is 0. The topological polar surface area (TPSA) is 81.2 Å². The van der Waals surface area contributed by atoms with E-state index in [1.54, 1.807) is 18.2 Å². The molecule has 230 valence electrons. The van der Waals surface area contributed by atoms with Gasteiger partial charge in [-0.25, -0.2) is 0 Å². The van der Waals surface area contributed by atoms with Crippen molar-refractivity contribution in [3.63, 3.8) is 0 Å². The molecule has 9 aromatic rings. The molecule has 0 spiro atoms. The molecule has 2 aromatic heterocycles. The second-order valence-corrected chi connectivity index (χ2v) is 12.3. The van der Waals surface area contributed by atoms with Crippen LogP contribution in [-0.2, 0) is 0 Å². The first-order valence-corrected chi connectivity index (χ1v) is 16.3. The Kier molecular flexibility index (Phi) is 6.56. The van der Waals surface area contributed by atoms with E-state index in [0.29, 0.717) is 22.3 Å². The van der Waals surface area contributed by atoms with E-state index in [-0.39, 0.29) is 0 Å². The second kappa shape index (κ2) is 11.4. The lowest BCUT2D eigenvalue weighted by molar-refractivity contribution is 1.17. The maximum atomic E-state index is 9.99. The van der Waals surface area contributed by atoms with Crippen LogP contribution in [-0.4, -0.2) is 9.13 Å². The van der Waals surface area contributed by atoms with E-state index in [1.807, 2.05) is 36.4 Å². The van der Waals surface area contributed by atoms with Gasteiger partial charge in [-0.2, -0.15) is 15.8 Å². The molecule has 5 heteroatoms. The predicted molar refractivity (Wildman–Crippen MR) is 200 cm³/mol. The van der Waals surface area contributed by atoms with Crippen molar-refractivity contribution in [3.8, 4) is 51.8 Å². The van der Waals surface area contributed by atoms with Gasteiger partial charge in [0.2, 0.25) is 0 Å². The molecule has 0 N–H and O–H groups in total. The lowest BCUT2D eigenvalue weighted by atomic mass is 9.94. The van der Waals surface area contributed by atoms with Gasteiger partial charge in [-0.3, -0.25) is 0 Å². The molecule has 0 amide bonds. The van der Waals surface area contributed by atoms with Crippen LogP contribution in [0.2, 0.25) is 0 Å². The van der Waals surface area contributed by atoms with Crippen LogP contribution in [0.25, 0.3) is 77.2 Å². The molecule has 0 fully saturated rings. The Morgan fingerprint density at radius 2 is 0.880 bits per heavy atom. The van der Waals surface area contributed by atoms with E-state index >= 15 is 0 Å². The van der Waals surface area contributed by atoms with Gasteiger partial charge in [0.05, 0.1) is 57.0 Å². The summed E-state index contributed by atoms with van der Waals surface area (Å²) in [6.45, 7) is 0. The fourth-order valence-electron chi connectivity index (χ4n) is 7.46. The first kappa shape index (κ1) is 28.8. The molecule has 7 aromatic carbocycles. The van der Waals surface area contributed by atoms with Crippen LogP contribution in [0, 0.1) is 34.0 Å². The minimum absolute atomic E-state index is 0.455. The molecule has 5 nitrogen and oxygen atoms in total. The van der Waals surface area contributed by atoms with Crippen molar-refractivity contribution >= 4 is 43.6 Å². The molecule has 50 heavy (non-hydrogen) atoms. The number of rotatable bonds is 4. The average molecular weight is 636 g/mol. The smallest absolute Gasteiger partial charge is 0.0998 e. The lowest BCUT2D eigenvalue weighted by Crippen LogP contribution is -1.96. The Morgan fingerprint density at radius 3 is 1.60 bits per heavy atom. The standard InChI is InChI=1S/C45H25N5/c46-26-31-9-4-5-14-36(31)29-17-20-42-38(23-29)39-24-30(45-32(27-47)10-8-11-33(45)28-48)18-21-43(39)50(42)35-19-22-44-40(25-35)37-15-6-7-16-41(37)49(44)34-12-2-1-3-13-34/h1-25H. The fourth-order valence-corrected chi connectivity index (χ4v) is 7.46. The first-order chi connectivity index (χ1) is 24.7. The maximum absolute atomic E-state index is 9.99. The van der Waals surface area contributed by atoms with E-state index in [4.69, 9.17) is 0 Å². The van der Waals surface area contributed by atoms with Gasteiger partial charge in [0, 0.05) is 38.5 Å². The van der Waals surface area contributed by atoms with Gasteiger partial charge in [0.1, 0.15) is 0 Å². The molecule has 9 rings (SSSR count). The van der Waals surface area contributed by atoms with Crippen molar-refractivity contribution in [2.45, 2.75) is 0 Å². The van der Waals surface area contributed by atoms with E-state index in [1.165, 1.54) is 5.39 Å². The van der Waals surface area contributed by atoms with Crippen molar-refractivity contribution in [2.24, 2.45) is 0 Å². The number of hydrogen-bond acceptors (Lipinski definition) is 3. The molecule has 0 atom stereocenters. The Balaban J connectivity index is 1.35. The number of fused-ring (bicyclic) bond motifs is 6. The van der Waals surface area contributed by atoms with Gasteiger partial charge in [0.15, 0.2) is 0 Å². The Bertz CT molecular complexity index is 2930. The third kappa shape index (κ3) is 4.31. The molecule has 0 bridgehead atoms.